The molecule has 3 aromatic carbocycles. The van der Waals surface area contributed by atoms with Crippen molar-refractivity contribution in [3.63, 3.8) is 0 Å². The van der Waals surface area contributed by atoms with Gasteiger partial charge in [-0.3, -0.25) is 9.35 Å². The van der Waals surface area contributed by atoms with E-state index in [2.05, 4.69) is 4.99 Å². The number of carbonyl (C=O) groups is 1. The molecule has 3 N–H and O–H groups in total. The molecule has 0 radical (unpaired) electrons. The molecular weight excluding hydrogens is 500 g/mol. The summed E-state index contributed by atoms with van der Waals surface area (Å²) in [4.78, 5) is 14.7. The molecule has 0 spiro atoms. The molecule has 7 nitrogen and oxygen atoms in total. The van der Waals surface area contributed by atoms with Gasteiger partial charge in [0.2, 0.25) is 0 Å². The minimum absolute atomic E-state index is 0. The molecule has 1 aliphatic rings. The molecule has 4 rings (SSSR count). The fourth-order valence-corrected chi connectivity index (χ4v) is 3.80. The second kappa shape index (κ2) is 11.3. The molecule has 0 fully saturated rings. The van der Waals surface area contributed by atoms with E-state index in [4.69, 9.17) is 27.8 Å². The maximum atomic E-state index is 10.9. The third-order valence-electron chi connectivity index (χ3n) is 4.24. The van der Waals surface area contributed by atoms with Crippen LogP contribution in [0.25, 0.3) is 10.8 Å². The number of carbonyl (C=O) groups excluding carboxylic acids is 1. The van der Waals surface area contributed by atoms with E-state index >= 15 is 0 Å². The van der Waals surface area contributed by atoms with E-state index in [0.29, 0.717) is 22.2 Å². The number of hydrogen-bond donors (Lipinski definition) is 3. The average molecular weight is 515 g/mol. The molecule has 33 heavy (non-hydrogen) atoms. The number of halogens is 2. The molecule has 164 valence electrons. The Balaban J connectivity index is 0.000000228. The van der Waals surface area contributed by atoms with Crippen molar-refractivity contribution in [2.45, 2.75) is 4.90 Å². The van der Waals surface area contributed by atoms with Crippen LogP contribution in [-0.2, 0) is 14.9 Å². The summed E-state index contributed by atoms with van der Waals surface area (Å²) >= 11 is 11.5. The van der Waals surface area contributed by atoms with Crippen LogP contribution in [0.15, 0.2) is 82.7 Å². The van der Waals surface area contributed by atoms with Crippen LogP contribution >= 0.6 is 23.2 Å². The summed E-state index contributed by atoms with van der Waals surface area (Å²) in [6.07, 6.45) is 6.03. The summed E-state index contributed by atoms with van der Waals surface area (Å²) in [5.74, 6) is -0.663. The number of fused-ring (bicyclic) bond motifs is 1. The molecule has 0 aromatic heterocycles. The van der Waals surface area contributed by atoms with E-state index in [9.17, 15) is 23.4 Å². The molecule has 0 unspecified atom stereocenters. The van der Waals surface area contributed by atoms with E-state index in [-0.39, 0.29) is 51.1 Å². The van der Waals surface area contributed by atoms with E-state index in [1.54, 1.807) is 36.4 Å². The third-order valence-corrected chi connectivity index (χ3v) is 5.70. The molecule has 3 aromatic rings. The van der Waals surface area contributed by atoms with Gasteiger partial charge < -0.3 is 10.2 Å². The van der Waals surface area contributed by atoms with Gasteiger partial charge in [-0.15, -0.1) is 0 Å². The molecule has 1 aliphatic carbocycles. The summed E-state index contributed by atoms with van der Waals surface area (Å²) in [7, 11) is -4.37. The fourth-order valence-electron chi connectivity index (χ4n) is 2.73. The van der Waals surface area contributed by atoms with Gasteiger partial charge in [-0.2, -0.15) is 8.42 Å². The van der Waals surface area contributed by atoms with Crippen LogP contribution in [0.4, 0.5) is 5.69 Å². The summed E-state index contributed by atoms with van der Waals surface area (Å²) < 4.78 is 30.6. The Labute approximate surface area is 221 Å². The van der Waals surface area contributed by atoms with Crippen molar-refractivity contribution < 1.29 is 57.5 Å². The molecule has 0 bridgehead atoms. The van der Waals surface area contributed by atoms with Crippen molar-refractivity contribution in [3.8, 4) is 11.5 Å². The first-order chi connectivity index (χ1) is 15.1. The smallest absolute Gasteiger partial charge is 0.506 e. The van der Waals surface area contributed by atoms with E-state index in [1.807, 2.05) is 0 Å². The van der Waals surface area contributed by atoms with Gasteiger partial charge >= 0.3 is 29.6 Å². The van der Waals surface area contributed by atoms with Gasteiger partial charge in [0.05, 0.1) is 21.4 Å². The fraction of sp³-hybridized carbons (Fsp3) is 0. The molecule has 0 saturated heterocycles. The number of aromatic hydroxyl groups is 2. The number of phenolic OH excluding ortho intramolecular Hbond substituents is 2. The number of rotatable bonds is 2. The summed E-state index contributed by atoms with van der Waals surface area (Å²) in [5, 5.41) is 20.4. The molecule has 0 amide bonds. The first-order valence-electron chi connectivity index (χ1n) is 8.91. The van der Waals surface area contributed by atoms with Crippen molar-refractivity contribution in [3.05, 3.63) is 82.9 Å². The Hall–Kier alpha value is -2.17. The first kappa shape index (κ1) is 27.1. The van der Waals surface area contributed by atoms with Crippen LogP contribution in [0.1, 0.15) is 0 Å². The SMILES string of the molecule is O=C1C=CC(=Nc2cc(Cl)c(O)c(Cl)c2)C=C1.O=S(=O)(O)c1ccc2ccccc2c1O.[Na+]. The van der Waals surface area contributed by atoms with Gasteiger partial charge in [0.1, 0.15) is 10.6 Å². The van der Waals surface area contributed by atoms with Crippen LogP contribution in [0.5, 0.6) is 11.5 Å². The van der Waals surface area contributed by atoms with Crippen LogP contribution in [0.3, 0.4) is 0 Å². The van der Waals surface area contributed by atoms with Crippen molar-refractivity contribution in [2.24, 2.45) is 4.99 Å². The number of ketones is 1. The number of hydrogen-bond acceptors (Lipinski definition) is 6. The number of benzene rings is 3. The number of allylic oxidation sites excluding steroid dienone is 4. The molecule has 0 heterocycles. The quantitative estimate of drug-likeness (QED) is 0.273. The summed E-state index contributed by atoms with van der Waals surface area (Å²) in [5.41, 5.74) is 1.12. The summed E-state index contributed by atoms with van der Waals surface area (Å²) in [6.45, 7) is 0. The monoisotopic (exact) mass is 514 g/mol. The first-order valence-corrected chi connectivity index (χ1v) is 11.1. The molecule has 0 atom stereocenters. The molecular formula is C22H15Cl2NNaO6S+. The van der Waals surface area contributed by atoms with Gasteiger partial charge in [0.15, 0.2) is 11.5 Å². The molecule has 11 heteroatoms. The van der Waals surface area contributed by atoms with Gasteiger partial charge in [-0.25, -0.2) is 4.99 Å². The maximum absolute atomic E-state index is 10.9. The zero-order valence-corrected chi connectivity index (χ0v) is 21.4. The second-order valence-corrected chi connectivity index (χ2v) is 8.68. The zero-order chi connectivity index (χ0) is 23.5. The van der Waals surface area contributed by atoms with Gasteiger partial charge in [-0.05, 0) is 47.9 Å². The van der Waals surface area contributed by atoms with Crippen molar-refractivity contribution in [2.75, 3.05) is 0 Å². The van der Waals surface area contributed by atoms with E-state index in [0.717, 1.165) is 0 Å². The third kappa shape index (κ3) is 6.91. The Kier molecular flexibility index (Phi) is 9.28. The van der Waals surface area contributed by atoms with Crippen LogP contribution < -0.4 is 29.6 Å². The molecule has 0 aliphatic heterocycles. The Morgan fingerprint density at radius 3 is 1.97 bits per heavy atom. The van der Waals surface area contributed by atoms with Gasteiger partial charge in [-0.1, -0.05) is 53.5 Å². The minimum Gasteiger partial charge on any atom is -0.506 e. The van der Waals surface area contributed by atoms with E-state index < -0.39 is 20.8 Å². The predicted octanol–water partition coefficient (Wildman–Crippen LogP) is 2.26. The predicted molar refractivity (Wildman–Crippen MR) is 124 cm³/mol. The number of nitrogens with zero attached hydrogens (tertiary/aromatic N) is 1. The van der Waals surface area contributed by atoms with Crippen molar-refractivity contribution in [1.29, 1.82) is 0 Å². The van der Waals surface area contributed by atoms with Crippen LogP contribution in [0.2, 0.25) is 10.0 Å². The zero-order valence-electron chi connectivity index (χ0n) is 17.1. The maximum Gasteiger partial charge on any atom is 1.00 e. The second-order valence-electron chi connectivity index (χ2n) is 6.47. The number of phenols is 2. The summed E-state index contributed by atoms with van der Waals surface area (Å²) in [6, 6.07) is 12.5. The Morgan fingerprint density at radius 1 is 0.818 bits per heavy atom. The largest absolute Gasteiger partial charge is 1.00 e. The van der Waals surface area contributed by atoms with Crippen LogP contribution in [0, 0.1) is 0 Å². The van der Waals surface area contributed by atoms with E-state index in [1.165, 1.54) is 36.4 Å². The van der Waals surface area contributed by atoms with Crippen LogP contribution in [-0.4, -0.2) is 34.7 Å². The Morgan fingerprint density at radius 2 is 1.39 bits per heavy atom. The van der Waals surface area contributed by atoms with Gasteiger partial charge in [0.25, 0.3) is 10.1 Å². The Bertz CT molecular complexity index is 1380. The topological polar surface area (TPSA) is 124 Å². The standard InChI is InChI=1S/C12H7Cl2NO2.C10H8O4S.Na/c13-10-5-8(6-11(14)12(10)17)15-7-1-3-9(16)4-2-7;11-10-8-4-2-1-3-7(8)5-6-9(10)15(12,13)14;/h1-6,17H;1-6,11H,(H,12,13,14);/q;;+1. The minimum atomic E-state index is -4.37. The van der Waals surface area contributed by atoms with Crippen molar-refractivity contribution in [1.82, 2.24) is 0 Å². The van der Waals surface area contributed by atoms with Gasteiger partial charge in [0, 0.05) is 5.39 Å². The number of aliphatic imine (C=N–C) groups is 1. The molecule has 0 saturated carbocycles. The normalized spacial score (nSPS) is 12.7. The average Bonchev–Trinajstić information content (AvgIpc) is 2.74. The van der Waals surface area contributed by atoms with Crippen molar-refractivity contribution >= 4 is 61.3 Å².